The van der Waals surface area contributed by atoms with Crippen LogP contribution in [0.2, 0.25) is 0 Å². The number of rotatable bonds is 3. The van der Waals surface area contributed by atoms with Crippen molar-refractivity contribution in [1.29, 1.82) is 5.26 Å². The minimum atomic E-state index is -4.50. The number of nitrogens with one attached hydrogen (secondary N) is 2. The van der Waals surface area contributed by atoms with Gasteiger partial charge in [0.2, 0.25) is 0 Å². The maximum absolute atomic E-state index is 12.8. The Hall–Kier alpha value is -1.74. The van der Waals surface area contributed by atoms with Crippen LogP contribution < -0.4 is 10.6 Å². The van der Waals surface area contributed by atoms with Gasteiger partial charge < -0.3 is 10.6 Å². The highest BCUT2D eigenvalue weighted by atomic mass is 19.4. The molecule has 1 aliphatic rings. The number of hydrogen-bond acceptors (Lipinski definition) is 3. The zero-order valence-electron chi connectivity index (χ0n) is 10.9. The number of benzene rings is 1. The summed E-state index contributed by atoms with van der Waals surface area (Å²) in [6.45, 7) is 2.56. The molecule has 1 aliphatic heterocycles. The molecule has 1 saturated heterocycles. The summed E-state index contributed by atoms with van der Waals surface area (Å²) in [6.07, 6.45) is -2.46. The molecular weight excluding hydrogens is 267 g/mol. The fraction of sp³-hybridized carbons (Fsp3) is 0.500. The first-order chi connectivity index (χ1) is 9.50. The number of anilines is 1. The first kappa shape index (κ1) is 14.7. The summed E-state index contributed by atoms with van der Waals surface area (Å²) in [7, 11) is 0. The average Bonchev–Trinajstić information content (AvgIpc) is 2.45. The van der Waals surface area contributed by atoms with Crippen molar-refractivity contribution < 1.29 is 13.2 Å². The first-order valence-electron chi connectivity index (χ1n) is 6.56. The summed E-state index contributed by atoms with van der Waals surface area (Å²) < 4.78 is 38.5. The van der Waals surface area contributed by atoms with Gasteiger partial charge in [0.1, 0.15) is 0 Å². The lowest BCUT2D eigenvalue weighted by Gasteiger charge is -2.23. The van der Waals surface area contributed by atoms with Crippen LogP contribution in [0.15, 0.2) is 18.2 Å². The molecule has 108 valence electrons. The van der Waals surface area contributed by atoms with E-state index in [2.05, 4.69) is 10.6 Å². The molecule has 0 atom stereocenters. The predicted molar refractivity (Wildman–Crippen MR) is 70.2 cm³/mol. The molecule has 0 aromatic heterocycles. The van der Waals surface area contributed by atoms with Crippen LogP contribution in [0.25, 0.3) is 0 Å². The Bertz CT molecular complexity index is 499. The number of nitrogens with zero attached hydrogens (tertiary/aromatic N) is 1. The third kappa shape index (κ3) is 3.64. The van der Waals surface area contributed by atoms with E-state index in [1.165, 1.54) is 12.1 Å². The quantitative estimate of drug-likeness (QED) is 0.896. The van der Waals surface area contributed by atoms with Crippen molar-refractivity contribution in [3.05, 3.63) is 29.3 Å². The summed E-state index contributed by atoms with van der Waals surface area (Å²) in [5.74, 6) is 0.473. The summed E-state index contributed by atoms with van der Waals surface area (Å²) in [5.41, 5.74) is -0.810. The first-order valence-corrected chi connectivity index (χ1v) is 6.56. The summed E-state index contributed by atoms with van der Waals surface area (Å²) >= 11 is 0. The van der Waals surface area contributed by atoms with Crippen LogP contribution in [0, 0.1) is 17.2 Å². The van der Waals surface area contributed by atoms with Gasteiger partial charge >= 0.3 is 6.18 Å². The van der Waals surface area contributed by atoms with E-state index in [4.69, 9.17) is 5.26 Å². The minimum Gasteiger partial charge on any atom is -0.385 e. The van der Waals surface area contributed by atoms with Crippen LogP contribution in [-0.4, -0.2) is 19.6 Å². The normalized spacial score (nSPS) is 16.7. The monoisotopic (exact) mass is 283 g/mol. The molecular formula is C14H16F3N3. The highest BCUT2D eigenvalue weighted by molar-refractivity contribution is 5.53. The van der Waals surface area contributed by atoms with Crippen LogP contribution in [0.3, 0.4) is 0 Å². The molecule has 1 aromatic carbocycles. The fourth-order valence-electron chi connectivity index (χ4n) is 2.33. The Morgan fingerprint density at radius 3 is 2.60 bits per heavy atom. The molecule has 0 unspecified atom stereocenters. The lowest BCUT2D eigenvalue weighted by Crippen LogP contribution is -2.31. The lowest BCUT2D eigenvalue weighted by molar-refractivity contribution is -0.137. The fourth-order valence-corrected chi connectivity index (χ4v) is 2.33. The smallest absolute Gasteiger partial charge is 0.385 e. The van der Waals surface area contributed by atoms with Gasteiger partial charge in [-0.25, -0.2) is 0 Å². The van der Waals surface area contributed by atoms with E-state index in [9.17, 15) is 13.2 Å². The molecule has 1 aromatic rings. The Balaban J connectivity index is 2.07. The topological polar surface area (TPSA) is 47.9 Å². The van der Waals surface area contributed by atoms with E-state index < -0.39 is 11.7 Å². The average molecular weight is 283 g/mol. The Morgan fingerprint density at radius 2 is 2.00 bits per heavy atom. The molecule has 0 spiro atoms. The van der Waals surface area contributed by atoms with Crippen molar-refractivity contribution in [1.82, 2.24) is 5.32 Å². The van der Waals surface area contributed by atoms with Crippen molar-refractivity contribution in [2.45, 2.75) is 19.0 Å². The molecule has 0 bridgehead atoms. The zero-order chi connectivity index (χ0) is 14.6. The van der Waals surface area contributed by atoms with Gasteiger partial charge in [0.15, 0.2) is 0 Å². The van der Waals surface area contributed by atoms with E-state index in [-0.39, 0.29) is 5.56 Å². The summed E-state index contributed by atoms with van der Waals surface area (Å²) in [4.78, 5) is 0. The van der Waals surface area contributed by atoms with E-state index in [1.807, 2.05) is 0 Å². The van der Waals surface area contributed by atoms with Crippen LogP contribution in [-0.2, 0) is 6.18 Å². The van der Waals surface area contributed by atoms with Gasteiger partial charge in [-0.2, -0.15) is 18.4 Å². The second kappa shape index (κ2) is 6.14. The van der Waals surface area contributed by atoms with Crippen molar-refractivity contribution in [2.24, 2.45) is 5.92 Å². The van der Waals surface area contributed by atoms with E-state index in [0.717, 1.165) is 32.0 Å². The molecule has 6 heteroatoms. The highest BCUT2D eigenvalue weighted by Crippen LogP contribution is 2.33. The number of halogens is 3. The third-order valence-electron chi connectivity index (χ3n) is 3.50. The van der Waals surface area contributed by atoms with Gasteiger partial charge in [0, 0.05) is 12.2 Å². The molecule has 20 heavy (non-hydrogen) atoms. The van der Waals surface area contributed by atoms with Crippen molar-refractivity contribution in [2.75, 3.05) is 25.0 Å². The maximum atomic E-state index is 12.8. The standard InChI is InChI=1S/C14H16F3N3/c15-14(16,17)13-7-12(2-1-11(13)8-18)20-9-10-3-5-19-6-4-10/h1-2,7,10,19-20H,3-6,9H2. The molecule has 2 N–H and O–H groups in total. The molecule has 3 nitrogen and oxygen atoms in total. The van der Waals surface area contributed by atoms with Gasteiger partial charge in [0.25, 0.3) is 0 Å². The number of alkyl halides is 3. The Kier molecular flexibility index (Phi) is 4.50. The zero-order valence-corrected chi connectivity index (χ0v) is 10.9. The lowest BCUT2D eigenvalue weighted by atomic mass is 9.98. The summed E-state index contributed by atoms with van der Waals surface area (Å²) in [5, 5.41) is 15.0. The maximum Gasteiger partial charge on any atom is 0.417 e. The van der Waals surface area contributed by atoms with Gasteiger partial charge in [-0.1, -0.05) is 0 Å². The van der Waals surface area contributed by atoms with Gasteiger partial charge in [-0.15, -0.1) is 0 Å². The third-order valence-corrected chi connectivity index (χ3v) is 3.50. The Morgan fingerprint density at radius 1 is 1.30 bits per heavy atom. The highest BCUT2D eigenvalue weighted by Gasteiger charge is 2.33. The van der Waals surface area contributed by atoms with Crippen LogP contribution in [0.4, 0.5) is 18.9 Å². The van der Waals surface area contributed by atoms with Crippen molar-refractivity contribution in [3.8, 4) is 6.07 Å². The van der Waals surface area contributed by atoms with E-state index in [0.29, 0.717) is 18.2 Å². The predicted octanol–water partition coefficient (Wildman–Crippen LogP) is 2.99. The number of nitriles is 1. The summed E-state index contributed by atoms with van der Waals surface area (Å²) in [6, 6.07) is 5.33. The van der Waals surface area contributed by atoms with Gasteiger partial charge in [-0.3, -0.25) is 0 Å². The van der Waals surface area contributed by atoms with Crippen molar-refractivity contribution in [3.63, 3.8) is 0 Å². The molecule has 0 amide bonds. The van der Waals surface area contributed by atoms with Gasteiger partial charge in [0.05, 0.1) is 17.2 Å². The Labute approximate surface area is 115 Å². The SMILES string of the molecule is N#Cc1ccc(NCC2CCNCC2)cc1C(F)(F)F. The van der Waals surface area contributed by atoms with Crippen LogP contribution >= 0.6 is 0 Å². The van der Waals surface area contributed by atoms with E-state index >= 15 is 0 Å². The molecule has 0 saturated carbocycles. The molecule has 1 heterocycles. The van der Waals surface area contributed by atoms with E-state index in [1.54, 1.807) is 6.07 Å². The molecule has 1 fully saturated rings. The van der Waals surface area contributed by atoms with Crippen LogP contribution in [0.1, 0.15) is 24.0 Å². The minimum absolute atomic E-state index is 0.343. The molecule has 0 radical (unpaired) electrons. The molecule has 2 rings (SSSR count). The second-order valence-electron chi connectivity index (χ2n) is 4.94. The number of hydrogen-bond donors (Lipinski definition) is 2. The largest absolute Gasteiger partial charge is 0.417 e. The number of piperidine rings is 1. The van der Waals surface area contributed by atoms with Gasteiger partial charge in [-0.05, 0) is 50.0 Å². The second-order valence-corrected chi connectivity index (χ2v) is 4.94. The molecule has 0 aliphatic carbocycles. The van der Waals surface area contributed by atoms with Crippen LogP contribution in [0.5, 0.6) is 0 Å². The van der Waals surface area contributed by atoms with Crippen molar-refractivity contribution >= 4 is 5.69 Å².